The van der Waals surface area contributed by atoms with Crippen molar-refractivity contribution in [3.05, 3.63) is 30.1 Å². The number of ether oxygens (including phenoxy) is 1. The molecule has 110 valence electrons. The van der Waals surface area contributed by atoms with Crippen LogP contribution in [0.25, 0.3) is 0 Å². The maximum atomic E-state index is 12.7. The normalized spacial score (nSPS) is 18.8. The highest BCUT2D eigenvalue weighted by Gasteiger charge is 2.12. The van der Waals surface area contributed by atoms with Gasteiger partial charge < -0.3 is 15.4 Å². The van der Waals surface area contributed by atoms with Gasteiger partial charge >= 0.3 is 0 Å². The number of rotatable bonds is 6. The first-order chi connectivity index (χ1) is 9.74. The third-order valence-corrected chi connectivity index (χ3v) is 3.43. The van der Waals surface area contributed by atoms with Crippen LogP contribution < -0.4 is 10.6 Å². The molecule has 1 aromatic carbocycles. The molecule has 1 aliphatic rings. The third kappa shape index (κ3) is 5.27. The van der Waals surface area contributed by atoms with Crippen molar-refractivity contribution in [1.29, 1.82) is 0 Å². The van der Waals surface area contributed by atoms with Crippen molar-refractivity contribution in [2.24, 2.45) is 5.92 Å². The zero-order valence-corrected chi connectivity index (χ0v) is 11.5. The minimum atomic E-state index is -0.319. The molecule has 0 radical (unpaired) electrons. The van der Waals surface area contributed by atoms with E-state index in [2.05, 4.69) is 10.6 Å². The van der Waals surface area contributed by atoms with Crippen LogP contribution in [0, 0.1) is 11.7 Å². The third-order valence-electron chi connectivity index (χ3n) is 3.43. The largest absolute Gasteiger partial charge is 0.372 e. The maximum Gasteiger partial charge on any atom is 0.250 e. The molecule has 2 rings (SSSR count). The molecule has 4 nitrogen and oxygen atoms in total. The Morgan fingerprint density at radius 3 is 2.90 bits per heavy atom. The van der Waals surface area contributed by atoms with Crippen molar-refractivity contribution in [3.63, 3.8) is 0 Å². The molecule has 1 fully saturated rings. The van der Waals surface area contributed by atoms with Gasteiger partial charge in [0.1, 0.15) is 12.4 Å². The summed E-state index contributed by atoms with van der Waals surface area (Å²) in [5.41, 5.74) is 0.580. The summed E-state index contributed by atoms with van der Waals surface area (Å²) in [6.07, 6.45) is 3.44. The van der Waals surface area contributed by atoms with Crippen molar-refractivity contribution < 1.29 is 13.9 Å². The Labute approximate surface area is 118 Å². The summed E-state index contributed by atoms with van der Waals surface area (Å²) < 4.78 is 18.1. The molecule has 1 unspecified atom stereocenters. The molecular formula is C15H21FN2O2. The highest BCUT2D eigenvalue weighted by Crippen LogP contribution is 2.13. The number of piperidine rings is 1. The maximum absolute atomic E-state index is 12.7. The molecule has 0 saturated carbocycles. The van der Waals surface area contributed by atoms with Gasteiger partial charge in [-0.1, -0.05) is 0 Å². The van der Waals surface area contributed by atoms with Gasteiger partial charge in [-0.2, -0.15) is 0 Å². The number of halogens is 1. The fourth-order valence-corrected chi connectivity index (χ4v) is 2.32. The Bertz CT molecular complexity index is 416. The van der Waals surface area contributed by atoms with E-state index in [1.54, 1.807) is 0 Å². The first kappa shape index (κ1) is 14.9. The second-order valence-corrected chi connectivity index (χ2v) is 5.11. The minimum absolute atomic E-state index is 0.0392. The Balaban J connectivity index is 1.59. The van der Waals surface area contributed by atoms with Crippen molar-refractivity contribution in [2.75, 3.05) is 31.6 Å². The number of carbonyl (C=O) groups is 1. The van der Waals surface area contributed by atoms with Crippen LogP contribution in [0.5, 0.6) is 0 Å². The smallest absolute Gasteiger partial charge is 0.250 e. The summed E-state index contributed by atoms with van der Waals surface area (Å²) in [5.74, 6) is 0.127. The number of amides is 1. The highest BCUT2D eigenvalue weighted by atomic mass is 19.1. The van der Waals surface area contributed by atoms with Crippen molar-refractivity contribution in [2.45, 2.75) is 19.3 Å². The Morgan fingerprint density at radius 1 is 1.40 bits per heavy atom. The van der Waals surface area contributed by atoms with Crippen LogP contribution >= 0.6 is 0 Å². The number of hydrogen-bond acceptors (Lipinski definition) is 3. The Morgan fingerprint density at radius 2 is 2.20 bits per heavy atom. The quantitative estimate of drug-likeness (QED) is 0.785. The molecule has 1 saturated heterocycles. The van der Waals surface area contributed by atoms with Gasteiger partial charge in [-0.15, -0.1) is 0 Å². The number of benzene rings is 1. The van der Waals surface area contributed by atoms with E-state index in [9.17, 15) is 9.18 Å². The van der Waals surface area contributed by atoms with Crippen LogP contribution in [-0.2, 0) is 9.53 Å². The van der Waals surface area contributed by atoms with Gasteiger partial charge in [0.2, 0.25) is 5.91 Å². The van der Waals surface area contributed by atoms with Crippen molar-refractivity contribution >= 4 is 11.6 Å². The molecule has 5 heteroatoms. The molecule has 0 bridgehead atoms. The molecule has 1 heterocycles. The molecular weight excluding hydrogens is 259 g/mol. The molecule has 1 atom stereocenters. The minimum Gasteiger partial charge on any atom is -0.372 e. The summed E-state index contributed by atoms with van der Waals surface area (Å²) in [6, 6.07) is 5.68. The fraction of sp³-hybridized carbons (Fsp3) is 0.533. The van der Waals surface area contributed by atoms with Gasteiger partial charge in [0.05, 0.1) is 0 Å². The molecule has 1 amide bonds. The molecule has 0 aliphatic carbocycles. The van der Waals surface area contributed by atoms with E-state index in [1.165, 1.54) is 37.1 Å². The molecule has 1 aliphatic heterocycles. The number of carbonyl (C=O) groups excluding carboxylic acids is 1. The summed E-state index contributed by atoms with van der Waals surface area (Å²) >= 11 is 0. The fourth-order valence-electron chi connectivity index (χ4n) is 2.32. The van der Waals surface area contributed by atoms with E-state index < -0.39 is 0 Å². The molecule has 2 N–H and O–H groups in total. The monoisotopic (exact) mass is 280 g/mol. The van der Waals surface area contributed by atoms with E-state index in [1.807, 2.05) is 0 Å². The van der Waals surface area contributed by atoms with Crippen molar-refractivity contribution in [1.82, 2.24) is 5.32 Å². The predicted octanol–water partition coefficient (Wildman–Crippen LogP) is 2.17. The summed E-state index contributed by atoms with van der Waals surface area (Å²) in [6.45, 7) is 2.79. The lowest BCUT2D eigenvalue weighted by atomic mass is 9.97. The van der Waals surface area contributed by atoms with Gasteiger partial charge in [0, 0.05) is 12.3 Å². The lowest BCUT2D eigenvalue weighted by Gasteiger charge is -2.22. The number of anilines is 1. The van der Waals surface area contributed by atoms with E-state index in [0.29, 0.717) is 18.2 Å². The average molecular weight is 280 g/mol. The highest BCUT2D eigenvalue weighted by molar-refractivity contribution is 5.91. The van der Waals surface area contributed by atoms with Gasteiger partial charge in [-0.05, 0) is 62.5 Å². The average Bonchev–Trinajstić information content (AvgIpc) is 2.47. The van der Waals surface area contributed by atoms with E-state index >= 15 is 0 Å². The molecule has 1 aromatic rings. The van der Waals surface area contributed by atoms with Crippen LogP contribution in [0.3, 0.4) is 0 Å². The lowest BCUT2D eigenvalue weighted by molar-refractivity contribution is -0.120. The second-order valence-electron chi connectivity index (χ2n) is 5.11. The summed E-state index contributed by atoms with van der Waals surface area (Å²) in [4.78, 5) is 11.6. The van der Waals surface area contributed by atoms with E-state index in [4.69, 9.17) is 4.74 Å². The number of hydrogen-bond donors (Lipinski definition) is 2. The standard InChI is InChI=1S/C15H21FN2O2/c16-13-3-5-14(6-4-13)18-15(19)11-20-9-7-12-2-1-8-17-10-12/h3-6,12,17H,1-2,7-11H2,(H,18,19). The summed E-state index contributed by atoms with van der Waals surface area (Å²) in [7, 11) is 0. The lowest BCUT2D eigenvalue weighted by Crippen LogP contribution is -2.30. The molecule has 0 aromatic heterocycles. The first-order valence-electron chi connectivity index (χ1n) is 7.08. The van der Waals surface area contributed by atoms with Crippen LogP contribution in [0.4, 0.5) is 10.1 Å². The topological polar surface area (TPSA) is 50.4 Å². The van der Waals surface area contributed by atoms with Crippen LogP contribution in [0.15, 0.2) is 24.3 Å². The van der Waals surface area contributed by atoms with Gasteiger partial charge in [0.25, 0.3) is 0 Å². The second kappa shape index (κ2) is 7.97. The first-order valence-corrected chi connectivity index (χ1v) is 7.08. The van der Waals surface area contributed by atoms with Gasteiger partial charge in [-0.25, -0.2) is 4.39 Å². The van der Waals surface area contributed by atoms with Gasteiger partial charge in [0.15, 0.2) is 0 Å². The van der Waals surface area contributed by atoms with Crippen LogP contribution in [-0.4, -0.2) is 32.2 Å². The predicted molar refractivity (Wildman–Crippen MR) is 76.1 cm³/mol. The SMILES string of the molecule is O=C(COCCC1CCCNC1)Nc1ccc(F)cc1. The zero-order chi connectivity index (χ0) is 14.2. The molecule has 0 spiro atoms. The number of nitrogens with one attached hydrogen (secondary N) is 2. The van der Waals surface area contributed by atoms with Crippen LogP contribution in [0.1, 0.15) is 19.3 Å². The van der Waals surface area contributed by atoms with Crippen molar-refractivity contribution in [3.8, 4) is 0 Å². The summed E-state index contributed by atoms with van der Waals surface area (Å²) in [5, 5.41) is 6.02. The Kier molecular flexibility index (Phi) is 5.95. The molecule has 20 heavy (non-hydrogen) atoms. The Hall–Kier alpha value is -1.46. The van der Waals surface area contributed by atoms with E-state index in [0.717, 1.165) is 19.5 Å². The van der Waals surface area contributed by atoms with E-state index in [-0.39, 0.29) is 18.3 Å². The van der Waals surface area contributed by atoms with Crippen LogP contribution in [0.2, 0.25) is 0 Å². The zero-order valence-electron chi connectivity index (χ0n) is 11.5. The van der Waals surface area contributed by atoms with Gasteiger partial charge in [-0.3, -0.25) is 4.79 Å².